The fraction of sp³-hybridized carbons (Fsp3) is 0.422. The van der Waals surface area contributed by atoms with E-state index in [9.17, 15) is 4.79 Å². The molecule has 3 heterocycles. The first-order chi connectivity index (χ1) is 38.3. The number of esters is 1. The van der Waals surface area contributed by atoms with Crippen molar-refractivity contribution in [2.24, 2.45) is 0 Å². The van der Waals surface area contributed by atoms with Gasteiger partial charge in [-0.05, 0) is 116 Å². The SMILES string of the molecule is COc1ccc(CO[C@H]2C[C@@H](O[Si](C)(C)C(C)(C)C)[C@H](CC(Sc3ccccc3)Sc3ccccc3)O[C@@H]2CCC(=O)O[C@@H]2C[C@@H]3O[C@H](c4ccc(OC)cc4)OC[C@H]3O[C@H]2CC(Sc2ccccc2)Sc2ccccc2)cc1. The zero-order valence-corrected chi connectivity index (χ0v) is 50.7. The van der Waals surface area contributed by atoms with Crippen LogP contribution < -0.4 is 9.47 Å². The number of hydrogen-bond acceptors (Lipinski definition) is 14. The molecule has 10 nitrogen and oxygen atoms in total. The monoisotopic (exact) mass is 1160 g/mol. The molecule has 6 aromatic carbocycles. The second-order valence-electron chi connectivity index (χ2n) is 21.7. The van der Waals surface area contributed by atoms with Gasteiger partial charge in [-0.1, -0.05) is 118 Å². The van der Waals surface area contributed by atoms with Crippen LogP contribution in [0.1, 0.15) is 76.7 Å². The third-order valence-electron chi connectivity index (χ3n) is 15.1. The molecule has 15 heteroatoms. The van der Waals surface area contributed by atoms with Crippen LogP contribution in [-0.2, 0) is 44.2 Å². The predicted octanol–water partition coefficient (Wildman–Crippen LogP) is 15.7. The topological polar surface area (TPSA) is 100 Å². The van der Waals surface area contributed by atoms with E-state index in [0.29, 0.717) is 45.3 Å². The van der Waals surface area contributed by atoms with Crippen LogP contribution in [0.15, 0.2) is 189 Å². The van der Waals surface area contributed by atoms with E-state index in [2.05, 4.69) is 143 Å². The maximum atomic E-state index is 14.7. The van der Waals surface area contributed by atoms with E-state index in [-0.39, 0.29) is 57.1 Å². The second kappa shape index (κ2) is 28.6. The number of methoxy groups -OCH3 is 2. The normalized spacial score (nSPS) is 23.5. The van der Waals surface area contributed by atoms with Crippen molar-refractivity contribution >= 4 is 61.3 Å². The zero-order valence-electron chi connectivity index (χ0n) is 46.4. The van der Waals surface area contributed by atoms with Crippen molar-refractivity contribution in [1.82, 2.24) is 0 Å². The van der Waals surface area contributed by atoms with Gasteiger partial charge in [0, 0.05) is 44.4 Å². The summed E-state index contributed by atoms with van der Waals surface area (Å²) in [5.74, 6) is 1.22. The largest absolute Gasteiger partial charge is 0.497 e. The van der Waals surface area contributed by atoms with Gasteiger partial charge in [-0.15, -0.1) is 47.0 Å². The lowest BCUT2D eigenvalue weighted by Gasteiger charge is -2.47. The van der Waals surface area contributed by atoms with E-state index in [0.717, 1.165) is 32.4 Å². The lowest BCUT2D eigenvalue weighted by Crippen LogP contribution is -2.55. The van der Waals surface area contributed by atoms with Crippen molar-refractivity contribution in [3.05, 3.63) is 181 Å². The van der Waals surface area contributed by atoms with Gasteiger partial charge >= 0.3 is 5.97 Å². The smallest absolute Gasteiger partial charge is 0.306 e. The standard InChI is InChI=1S/C64H76O10S4Si/c1-64(2,3)79(6,7)74-58-38-53(68-42-44-28-32-46(66-4)33-29-44)52(70-57(58)41-62(77-50-24-16-10-17-25-50)78-51-26-18-11-19-27-51)36-37-60(65)72-54-39-55-59(43-69-63(73-55)45-30-34-47(67-5)35-31-45)71-56(54)40-61(75-48-20-12-8-13-21-48)76-49-22-14-9-15-23-49/h8-35,52-59,61-63H,36-43H2,1-7H3/t52-,53+,54-,55+,56+,57+,58-,59-,63-/m1/s1. The van der Waals surface area contributed by atoms with Crippen molar-refractivity contribution in [2.75, 3.05) is 20.8 Å². The van der Waals surface area contributed by atoms with E-state index in [1.165, 1.54) is 9.79 Å². The summed E-state index contributed by atoms with van der Waals surface area (Å²) in [4.78, 5) is 19.4. The van der Waals surface area contributed by atoms with Crippen LogP contribution in [-0.4, -0.2) is 93.1 Å². The van der Waals surface area contributed by atoms with E-state index >= 15 is 0 Å². The number of carbonyl (C=O) groups excluding carboxylic acids is 1. The molecule has 3 saturated heterocycles. The Kier molecular flexibility index (Phi) is 21.5. The van der Waals surface area contributed by atoms with Crippen molar-refractivity contribution in [1.29, 1.82) is 0 Å². The fourth-order valence-electron chi connectivity index (χ4n) is 9.75. The van der Waals surface area contributed by atoms with E-state index < -0.39 is 32.9 Å². The Morgan fingerprint density at radius 3 is 1.53 bits per heavy atom. The van der Waals surface area contributed by atoms with Gasteiger partial charge in [0.15, 0.2) is 14.6 Å². The Morgan fingerprint density at radius 2 is 1.05 bits per heavy atom. The molecule has 9 rings (SSSR count). The quantitative estimate of drug-likeness (QED) is 0.0249. The minimum atomic E-state index is -2.32. The first-order valence-electron chi connectivity index (χ1n) is 27.5. The molecule has 0 radical (unpaired) electrons. The first kappa shape index (κ1) is 59.4. The maximum absolute atomic E-state index is 14.7. The molecule has 9 atom stereocenters. The summed E-state index contributed by atoms with van der Waals surface area (Å²) in [6.45, 7) is 12.2. The van der Waals surface area contributed by atoms with Crippen LogP contribution in [0.2, 0.25) is 18.1 Å². The average Bonchev–Trinajstić information content (AvgIpc) is 3.47. The number of ether oxygens (including phenoxy) is 8. The van der Waals surface area contributed by atoms with Crippen molar-refractivity contribution in [3.8, 4) is 11.5 Å². The van der Waals surface area contributed by atoms with Crippen LogP contribution in [0.5, 0.6) is 11.5 Å². The summed E-state index contributed by atoms with van der Waals surface area (Å²) >= 11 is 7.29. The van der Waals surface area contributed by atoms with E-state index in [4.69, 9.17) is 42.3 Å². The molecule has 0 N–H and O–H groups in total. The van der Waals surface area contributed by atoms with Crippen molar-refractivity contribution in [2.45, 2.75) is 168 Å². The Labute approximate surface area is 486 Å². The summed E-state index contributed by atoms with van der Waals surface area (Å²) in [5, 5.41) is -0.0396. The van der Waals surface area contributed by atoms with Crippen molar-refractivity contribution < 1.29 is 47.1 Å². The lowest BCUT2D eigenvalue weighted by molar-refractivity contribution is -0.303. The summed E-state index contributed by atoms with van der Waals surface area (Å²) in [7, 11) is 0.998. The molecule has 420 valence electrons. The van der Waals surface area contributed by atoms with Crippen LogP contribution in [0.25, 0.3) is 0 Å². The highest BCUT2D eigenvalue weighted by Crippen LogP contribution is 2.46. The zero-order chi connectivity index (χ0) is 55.2. The molecule has 0 spiro atoms. The third kappa shape index (κ3) is 17.2. The number of thioether (sulfide) groups is 4. The summed E-state index contributed by atoms with van der Waals surface area (Å²) in [5.41, 5.74) is 1.89. The van der Waals surface area contributed by atoms with Gasteiger partial charge in [0.2, 0.25) is 0 Å². The van der Waals surface area contributed by atoms with E-state index in [1.807, 2.05) is 84.2 Å². The van der Waals surface area contributed by atoms with Gasteiger partial charge in [0.1, 0.15) is 23.7 Å². The Hall–Kier alpha value is -4.23. The van der Waals surface area contributed by atoms with E-state index in [1.54, 1.807) is 37.7 Å². The Morgan fingerprint density at radius 1 is 0.570 bits per heavy atom. The minimum absolute atomic E-state index is 0.0339. The highest BCUT2D eigenvalue weighted by Gasteiger charge is 2.48. The lowest BCUT2D eigenvalue weighted by atomic mass is 9.93. The highest BCUT2D eigenvalue weighted by atomic mass is 32.2. The van der Waals surface area contributed by atoms with Gasteiger partial charge in [-0.2, -0.15) is 0 Å². The van der Waals surface area contributed by atoms with Crippen LogP contribution in [0.4, 0.5) is 0 Å². The van der Waals surface area contributed by atoms with Crippen LogP contribution in [0, 0.1) is 0 Å². The summed E-state index contributed by atoms with van der Waals surface area (Å²) in [6.07, 6.45) is -0.787. The molecule has 0 aromatic heterocycles. The molecule has 0 aliphatic carbocycles. The molecule has 3 fully saturated rings. The maximum Gasteiger partial charge on any atom is 0.306 e. The first-order valence-corrected chi connectivity index (χ1v) is 33.9. The molecule has 6 aromatic rings. The van der Waals surface area contributed by atoms with Crippen LogP contribution in [0.3, 0.4) is 0 Å². The Balaban J connectivity index is 0.977. The van der Waals surface area contributed by atoms with Gasteiger partial charge in [0.25, 0.3) is 0 Å². The molecule has 0 amide bonds. The van der Waals surface area contributed by atoms with Crippen LogP contribution >= 0.6 is 47.0 Å². The number of fused-ring (bicyclic) bond motifs is 1. The Bertz CT molecular complexity index is 2680. The fourth-order valence-corrected chi connectivity index (χ4v) is 16.4. The number of hydrogen-bond donors (Lipinski definition) is 0. The number of carbonyl (C=O) groups is 1. The summed E-state index contributed by atoms with van der Waals surface area (Å²) in [6, 6.07) is 57.7. The molecule has 79 heavy (non-hydrogen) atoms. The molecule has 3 aliphatic heterocycles. The average molecular weight is 1160 g/mol. The van der Waals surface area contributed by atoms with Gasteiger partial charge < -0.3 is 42.3 Å². The van der Waals surface area contributed by atoms with Gasteiger partial charge in [-0.3, -0.25) is 4.79 Å². The molecule has 3 aliphatic rings. The molecule has 0 unspecified atom stereocenters. The predicted molar refractivity (Wildman–Crippen MR) is 322 cm³/mol. The van der Waals surface area contributed by atoms with Gasteiger partial charge in [0.05, 0.1) is 73.2 Å². The second-order valence-corrected chi connectivity index (χ2v) is 32.2. The number of rotatable bonds is 24. The van der Waals surface area contributed by atoms with Crippen molar-refractivity contribution in [3.63, 3.8) is 0 Å². The van der Waals surface area contributed by atoms with Gasteiger partial charge in [-0.25, -0.2) is 0 Å². The third-order valence-corrected chi connectivity index (χ3v) is 24.7. The highest BCUT2D eigenvalue weighted by molar-refractivity contribution is 8.17. The molecular weight excluding hydrogens is 1090 g/mol. The molecule has 0 saturated carbocycles. The number of benzene rings is 6. The minimum Gasteiger partial charge on any atom is -0.497 e. The molecular formula is C64H76O10S4Si. The summed E-state index contributed by atoms with van der Waals surface area (Å²) < 4.78 is 59.5. The molecule has 0 bridgehead atoms.